The summed E-state index contributed by atoms with van der Waals surface area (Å²) in [7, 11) is 2.82. The summed E-state index contributed by atoms with van der Waals surface area (Å²) in [5.41, 5.74) is 12.0. The molecular formula is C46H62N8O10S2. The topological polar surface area (TPSA) is 275 Å². The smallest absolute Gasteiger partial charge is 0.329 e. The van der Waals surface area contributed by atoms with Crippen molar-refractivity contribution in [1.29, 1.82) is 0 Å². The Balaban J connectivity index is 1.42. The molecule has 4 unspecified atom stereocenters. The van der Waals surface area contributed by atoms with Crippen molar-refractivity contribution >= 4 is 85.4 Å². The van der Waals surface area contributed by atoms with Gasteiger partial charge in [-0.3, -0.25) is 38.5 Å². The lowest BCUT2D eigenvalue weighted by atomic mass is 9.98. The largest absolute Gasteiger partial charge is 0.465 e. The van der Waals surface area contributed by atoms with E-state index in [0.29, 0.717) is 41.2 Å². The number of anilines is 2. The van der Waals surface area contributed by atoms with Crippen molar-refractivity contribution < 1.29 is 43.0 Å². The van der Waals surface area contributed by atoms with E-state index < -0.39 is 53.3 Å². The molecule has 0 aliphatic heterocycles. The number of Topliss-reactive ketones (excluding diaryl/α,β-unsaturated/α-hetero) is 2. The van der Waals surface area contributed by atoms with Crippen molar-refractivity contribution in [2.45, 2.75) is 97.9 Å². The van der Waals surface area contributed by atoms with Crippen LogP contribution in [0.25, 0.3) is 10.9 Å². The number of nitrogens with one attached hydrogen (secondary N) is 4. The van der Waals surface area contributed by atoms with Crippen LogP contribution in [0.2, 0.25) is 0 Å². The third-order valence-electron chi connectivity index (χ3n) is 9.77. The van der Waals surface area contributed by atoms with Crippen LogP contribution in [-0.2, 0) is 44.8 Å². The van der Waals surface area contributed by atoms with Crippen LogP contribution in [0.1, 0.15) is 89.6 Å². The number of rotatable bonds is 27. The minimum absolute atomic E-state index is 0.00503. The highest BCUT2D eigenvalue weighted by molar-refractivity contribution is 8.76. The molecule has 1 heterocycles. The molecule has 0 bridgehead atoms. The highest BCUT2D eigenvalue weighted by Crippen LogP contribution is 2.23. The van der Waals surface area contributed by atoms with Gasteiger partial charge in [0.2, 0.25) is 17.8 Å². The number of nitrogens with zero attached hydrogens (tertiary/aromatic N) is 2. The maximum absolute atomic E-state index is 13.4. The average Bonchev–Trinajstić information content (AvgIpc) is 3.25. The van der Waals surface area contributed by atoms with Gasteiger partial charge in [0, 0.05) is 79.9 Å². The Hall–Kier alpha value is -5.91. The average molecular weight is 951 g/mol. The van der Waals surface area contributed by atoms with Gasteiger partial charge < -0.3 is 41.8 Å². The quantitative estimate of drug-likeness (QED) is 0.0276. The predicted octanol–water partition coefficient (Wildman–Crippen LogP) is 3.45. The molecule has 0 aliphatic carbocycles. The molecule has 0 fully saturated rings. The summed E-state index contributed by atoms with van der Waals surface area (Å²) in [6, 6.07) is 9.88. The summed E-state index contributed by atoms with van der Waals surface area (Å²) in [5, 5.41) is 8.34. The molecule has 3 aromatic rings. The lowest BCUT2D eigenvalue weighted by Crippen LogP contribution is -2.44. The Morgan fingerprint density at radius 1 is 0.924 bits per heavy atom. The van der Waals surface area contributed by atoms with E-state index in [0.717, 1.165) is 5.56 Å². The highest BCUT2D eigenvalue weighted by Gasteiger charge is 2.29. The maximum atomic E-state index is 13.4. The van der Waals surface area contributed by atoms with Crippen LogP contribution in [-0.4, -0.2) is 107 Å². The van der Waals surface area contributed by atoms with Crippen LogP contribution in [0, 0.1) is 24.2 Å². The zero-order valence-corrected chi connectivity index (χ0v) is 40.0. The first kappa shape index (κ1) is 54.4. The number of H-pyrrole nitrogens is 1. The summed E-state index contributed by atoms with van der Waals surface area (Å²) in [4.78, 5) is 110. The molecule has 20 heteroatoms. The first-order valence-corrected chi connectivity index (χ1v) is 24.0. The van der Waals surface area contributed by atoms with E-state index in [-0.39, 0.29) is 86.3 Å². The number of nitrogens with two attached hydrogens (primary N) is 2. The lowest BCUT2D eigenvalue weighted by Gasteiger charge is -2.25. The molecular weight excluding hydrogens is 889 g/mol. The number of amides is 3. The third kappa shape index (κ3) is 18.9. The molecule has 3 amide bonds. The van der Waals surface area contributed by atoms with Crippen molar-refractivity contribution in [1.82, 2.24) is 25.9 Å². The number of fused-ring (bicyclic) bond motifs is 1. The Kier molecular flexibility index (Phi) is 22.2. The zero-order chi connectivity index (χ0) is 49.0. The van der Waals surface area contributed by atoms with Crippen LogP contribution in [0.3, 0.4) is 0 Å². The van der Waals surface area contributed by atoms with Crippen LogP contribution in [0.5, 0.6) is 0 Å². The first-order valence-electron chi connectivity index (χ1n) is 21.5. The van der Waals surface area contributed by atoms with E-state index in [1.165, 1.54) is 21.6 Å². The molecule has 18 nitrogen and oxygen atoms in total. The Morgan fingerprint density at radius 2 is 1.61 bits per heavy atom. The van der Waals surface area contributed by atoms with Crippen LogP contribution < -0.4 is 37.9 Å². The number of carbonyl (C=O) groups excluding carboxylic acids is 7. The minimum atomic E-state index is -1.15. The van der Waals surface area contributed by atoms with Crippen molar-refractivity contribution in [2.75, 3.05) is 48.4 Å². The summed E-state index contributed by atoms with van der Waals surface area (Å²) in [6.45, 7) is 11.1. The van der Waals surface area contributed by atoms with E-state index in [2.05, 4.69) is 31.8 Å². The zero-order valence-electron chi connectivity index (χ0n) is 38.4. The van der Waals surface area contributed by atoms with Gasteiger partial charge in [0.15, 0.2) is 5.78 Å². The van der Waals surface area contributed by atoms with Gasteiger partial charge in [0.05, 0.1) is 23.5 Å². The molecule has 8 N–H and O–H groups in total. The van der Waals surface area contributed by atoms with Crippen molar-refractivity contribution in [3.05, 3.63) is 63.9 Å². The number of ketones is 2. The third-order valence-corrected chi connectivity index (χ3v) is 12.1. The van der Waals surface area contributed by atoms with E-state index in [9.17, 15) is 38.4 Å². The summed E-state index contributed by atoms with van der Waals surface area (Å²) in [5.74, 6) is -0.630. The number of hydrogen-bond acceptors (Lipinski definition) is 16. The predicted molar refractivity (Wildman–Crippen MR) is 257 cm³/mol. The van der Waals surface area contributed by atoms with Gasteiger partial charge in [0.25, 0.3) is 11.5 Å². The number of terminal acetylenes is 1. The molecule has 66 heavy (non-hydrogen) atoms. The van der Waals surface area contributed by atoms with Gasteiger partial charge in [-0.2, -0.15) is 0 Å². The molecule has 0 saturated carbocycles. The number of hydrogen-bond donors (Lipinski definition) is 6. The Morgan fingerprint density at radius 3 is 2.27 bits per heavy atom. The monoisotopic (exact) mass is 950 g/mol. The van der Waals surface area contributed by atoms with E-state index in [1.807, 2.05) is 11.0 Å². The van der Waals surface area contributed by atoms with Gasteiger partial charge in [-0.1, -0.05) is 47.4 Å². The van der Waals surface area contributed by atoms with Gasteiger partial charge in [-0.15, -0.1) is 6.42 Å². The molecule has 4 atom stereocenters. The van der Waals surface area contributed by atoms with Crippen molar-refractivity contribution in [2.24, 2.45) is 17.6 Å². The molecule has 358 valence electrons. The summed E-state index contributed by atoms with van der Waals surface area (Å²) < 4.78 is 10.9. The molecule has 1 aromatic heterocycles. The number of carbonyl (C=O) groups is 7. The second kappa shape index (κ2) is 26.9. The van der Waals surface area contributed by atoms with Gasteiger partial charge in [-0.25, -0.2) is 9.78 Å². The number of esters is 2. The summed E-state index contributed by atoms with van der Waals surface area (Å²) in [6.07, 6.45) is 5.60. The molecule has 0 radical (unpaired) electrons. The number of aromatic amines is 1. The Bertz CT molecular complexity index is 2280. The molecule has 0 spiro atoms. The molecule has 3 rings (SSSR count). The Labute approximate surface area is 393 Å². The lowest BCUT2D eigenvalue weighted by molar-refractivity contribution is -0.157. The highest BCUT2D eigenvalue weighted by atomic mass is 33.1. The van der Waals surface area contributed by atoms with Gasteiger partial charge in [-0.05, 0) is 76.1 Å². The first-order chi connectivity index (χ1) is 31.2. The SMILES string of the molecule is C#CCN(Cc1ccc2nc(N)[nH]c(=O)c2c1)c1ccc(C(=O)NC(CCC(=O)OCCSSCCC(=O)CC(C)C(=O)NC(C)C(=O)CC(C)C(=O)NCCN)C(=O)OC(C)(C)C)cc1. The fraction of sp³-hybridized carbons (Fsp3) is 0.500. The second-order valence-corrected chi connectivity index (χ2v) is 19.3. The van der Waals surface area contributed by atoms with Crippen molar-refractivity contribution in [3.8, 4) is 12.3 Å². The minimum Gasteiger partial charge on any atom is -0.465 e. The van der Waals surface area contributed by atoms with E-state index in [4.69, 9.17) is 27.4 Å². The van der Waals surface area contributed by atoms with Crippen LogP contribution in [0.15, 0.2) is 47.3 Å². The molecule has 0 saturated heterocycles. The fourth-order valence-corrected chi connectivity index (χ4v) is 8.13. The van der Waals surface area contributed by atoms with E-state index in [1.54, 1.807) is 77.9 Å². The molecule has 0 aliphatic rings. The second-order valence-electron chi connectivity index (χ2n) is 16.6. The number of nitrogen functional groups attached to an aromatic ring is 1. The fourth-order valence-electron chi connectivity index (χ4n) is 6.27. The molecule has 2 aromatic carbocycles. The normalized spacial score (nSPS) is 13.0. The van der Waals surface area contributed by atoms with Crippen LogP contribution >= 0.6 is 21.6 Å². The number of aromatic nitrogens is 2. The number of ether oxygens (including phenoxy) is 2. The van der Waals surface area contributed by atoms with E-state index >= 15 is 0 Å². The van der Waals surface area contributed by atoms with Gasteiger partial charge in [0.1, 0.15) is 24.0 Å². The maximum Gasteiger partial charge on any atom is 0.329 e. The summed E-state index contributed by atoms with van der Waals surface area (Å²) >= 11 is 0. The standard InChI is InChI=1S/C46H62N8O10S2/c1-8-20-54(27-31-9-14-36-35(26-31)43(61)53-45(48)52-36)33-12-10-32(11-13-33)42(60)51-37(44(62)64-46(5,6)7)15-16-39(57)63-21-23-66-65-22-17-34(55)24-28(2)41(59)50-30(4)38(56)25-29(3)40(58)49-19-18-47/h1,9-14,26,28-30,37H,15-25,27,47H2,2-7H3,(H,49,58)(H,50,59)(H,51,60)(H3,48,52,53,61). The number of benzene rings is 2. The van der Waals surface area contributed by atoms with Crippen LogP contribution in [0.4, 0.5) is 11.6 Å². The van der Waals surface area contributed by atoms with Crippen molar-refractivity contribution in [3.63, 3.8) is 0 Å². The van der Waals surface area contributed by atoms with Gasteiger partial charge >= 0.3 is 11.9 Å².